The van der Waals surface area contributed by atoms with E-state index < -0.39 is 21.5 Å². The molecule has 0 saturated heterocycles. The van der Waals surface area contributed by atoms with Gasteiger partial charge in [-0.3, -0.25) is 0 Å². The van der Waals surface area contributed by atoms with Gasteiger partial charge in [0.2, 0.25) is 5.89 Å². The second-order valence-corrected chi connectivity index (χ2v) is 6.63. The minimum Gasteiger partial charge on any atom is -0.444 e. The molecule has 0 aliphatic carbocycles. The van der Waals surface area contributed by atoms with Crippen molar-refractivity contribution in [1.82, 2.24) is 4.98 Å². The molecule has 0 radical (unpaired) electrons. The summed E-state index contributed by atoms with van der Waals surface area (Å²) in [6.45, 7) is -0.210. The molecule has 0 bridgehead atoms. The van der Waals surface area contributed by atoms with Crippen LogP contribution in [0.25, 0.3) is 11.5 Å². The Hall–Kier alpha value is -1.80. The van der Waals surface area contributed by atoms with Crippen LogP contribution in [0.3, 0.4) is 0 Å². The van der Waals surface area contributed by atoms with E-state index in [2.05, 4.69) is 4.98 Å². The maximum atomic E-state index is 13.1. The molecule has 2 aromatic rings. The molecule has 0 amide bonds. The first-order chi connectivity index (χ1) is 9.91. The van der Waals surface area contributed by atoms with E-state index in [1.165, 1.54) is 6.07 Å². The van der Waals surface area contributed by atoms with Crippen LogP contribution in [0.5, 0.6) is 0 Å². The first kappa shape index (κ1) is 15.6. The van der Waals surface area contributed by atoms with Crippen LogP contribution in [-0.2, 0) is 15.6 Å². The smallest absolute Gasteiger partial charge is 0.226 e. The molecule has 0 fully saturated rings. The highest BCUT2D eigenvalue weighted by atomic mass is 32.2. The minimum absolute atomic E-state index is 0.0151. The average Bonchev–Trinajstić information content (AvgIpc) is 2.87. The maximum absolute atomic E-state index is 13.1. The second-order valence-electron chi connectivity index (χ2n) is 4.44. The monoisotopic (exact) mass is 317 g/mol. The van der Waals surface area contributed by atoms with Crippen LogP contribution in [0.1, 0.15) is 12.1 Å². The number of hydrogen-bond donors (Lipinski definition) is 1. The summed E-state index contributed by atoms with van der Waals surface area (Å²) in [5.41, 5.74) is 0.389. The lowest BCUT2D eigenvalue weighted by atomic mass is 10.2. The highest BCUT2D eigenvalue weighted by molar-refractivity contribution is 7.90. The number of aromatic nitrogens is 1. The third-order valence-electron chi connectivity index (χ3n) is 2.70. The summed E-state index contributed by atoms with van der Waals surface area (Å²) >= 11 is 0. The lowest BCUT2D eigenvalue weighted by Gasteiger charge is -1.99. The molecule has 0 aliphatic heterocycles. The number of oxazole rings is 1. The summed E-state index contributed by atoms with van der Waals surface area (Å²) in [5.74, 6) is -2.50. The topological polar surface area (TPSA) is 80.4 Å². The molecule has 0 spiro atoms. The second kappa shape index (κ2) is 6.31. The average molecular weight is 317 g/mol. The zero-order chi connectivity index (χ0) is 15.5. The van der Waals surface area contributed by atoms with Crippen LogP contribution >= 0.6 is 0 Å². The first-order valence-electron chi connectivity index (χ1n) is 6.12. The Labute approximate surface area is 120 Å². The molecule has 114 valence electrons. The SMILES string of the molecule is O=S(=O)(CCCO)Cc1coc(-c2ccc(F)c(F)c2)n1. The van der Waals surface area contributed by atoms with Crippen LogP contribution in [0.15, 0.2) is 28.9 Å². The Bertz CT molecular complexity index is 728. The zero-order valence-electron chi connectivity index (χ0n) is 10.9. The zero-order valence-corrected chi connectivity index (χ0v) is 11.7. The van der Waals surface area contributed by atoms with Gasteiger partial charge in [0.1, 0.15) is 6.26 Å². The quantitative estimate of drug-likeness (QED) is 0.880. The molecular formula is C13H13F2NO4S. The molecule has 2 rings (SSSR count). The Morgan fingerprint density at radius 3 is 2.67 bits per heavy atom. The van der Waals surface area contributed by atoms with Crippen molar-refractivity contribution in [2.24, 2.45) is 0 Å². The van der Waals surface area contributed by atoms with E-state index in [0.717, 1.165) is 18.4 Å². The number of benzene rings is 1. The van der Waals surface area contributed by atoms with Gasteiger partial charge >= 0.3 is 0 Å². The van der Waals surface area contributed by atoms with E-state index in [0.29, 0.717) is 0 Å². The fourth-order valence-electron chi connectivity index (χ4n) is 1.72. The van der Waals surface area contributed by atoms with Crippen molar-refractivity contribution < 1.29 is 26.7 Å². The predicted octanol–water partition coefficient (Wildman–Crippen LogP) is 1.92. The van der Waals surface area contributed by atoms with Gasteiger partial charge in [-0.2, -0.15) is 0 Å². The van der Waals surface area contributed by atoms with E-state index in [-0.39, 0.29) is 41.7 Å². The number of aliphatic hydroxyl groups is 1. The lowest BCUT2D eigenvalue weighted by Crippen LogP contribution is -2.10. The van der Waals surface area contributed by atoms with E-state index in [9.17, 15) is 17.2 Å². The molecule has 0 aliphatic rings. The number of halogens is 2. The third-order valence-corrected chi connectivity index (χ3v) is 4.35. The largest absolute Gasteiger partial charge is 0.444 e. The minimum atomic E-state index is -3.40. The van der Waals surface area contributed by atoms with Crippen molar-refractivity contribution in [3.05, 3.63) is 41.8 Å². The van der Waals surface area contributed by atoms with Gasteiger partial charge < -0.3 is 9.52 Å². The molecule has 5 nitrogen and oxygen atoms in total. The first-order valence-corrected chi connectivity index (χ1v) is 7.94. The van der Waals surface area contributed by atoms with Crippen molar-refractivity contribution in [2.75, 3.05) is 12.4 Å². The normalized spacial score (nSPS) is 11.8. The predicted molar refractivity (Wildman–Crippen MR) is 71.0 cm³/mol. The maximum Gasteiger partial charge on any atom is 0.226 e. The van der Waals surface area contributed by atoms with Crippen LogP contribution in [0.2, 0.25) is 0 Å². The standard InChI is InChI=1S/C13H13F2NO4S/c14-11-3-2-9(6-12(11)15)13-16-10(7-20-13)8-21(18,19)5-1-4-17/h2-3,6-7,17H,1,4-5,8H2. The molecule has 0 unspecified atom stereocenters. The molecule has 0 saturated carbocycles. The van der Waals surface area contributed by atoms with Crippen molar-refractivity contribution in [3.8, 4) is 11.5 Å². The molecule has 1 heterocycles. The van der Waals surface area contributed by atoms with E-state index >= 15 is 0 Å². The Balaban J connectivity index is 2.16. The van der Waals surface area contributed by atoms with Crippen molar-refractivity contribution >= 4 is 9.84 Å². The number of nitrogens with zero attached hydrogens (tertiary/aromatic N) is 1. The fraction of sp³-hybridized carbons (Fsp3) is 0.308. The molecule has 1 N–H and O–H groups in total. The van der Waals surface area contributed by atoms with Crippen molar-refractivity contribution in [2.45, 2.75) is 12.2 Å². The summed E-state index contributed by atoms with van der Waals surface area (Å²) in [4.78, 5) is 3.95. The number of hydrogen-bond acceptors (Lipinski definition) is 5. The molecule has 0 atom stereocenters. The van der Waals surface area contributed by atoms with Gasteiger partial charge in [0.15, 0.2) is 21.5 Å². The van der Waals surface area contributed by atoms with Crippen LogP contribution < -0.4 is 0 Å². The van der Waals surface area contributed by atoms with Gasteiger partial charge in [-0.1, -0.05) is 0 Å². The van der Waals surface area contributed by atoms with E-state index in [4.69, 9.17) is 9.52 Å². The Morgan fingerprint density at radius 1 is 1.24 bits per heavy atom. The van der Waals surface area contributed by atoms with Gasteiger partial charge in [0, 0.05) is 12.2 Å². The number of rotatable bonds is 6. The van der Waals surface area contributed by atoms with Gasteiger partial charge in [0.25, 0.3) is 0 Å². The molecule has 21 heavy (non-hydrogen) atoms. The fourth-order valence-corrected chi connectivity index (χ4v) is 3.01. The summed E-state index contributed by atoms with van der Waals surface area (Å²) in [7, 11) is -3.40. The van der Waals surface area contributed by atoms with Gasteiger partial charge in [-0.05, 0) is 24.6 Å². The number of sulfone groups is 1. The summed E-state index contributed by atoms with van der Waals surface area (Å²) < 4.78 is 54.4. The lowest BCUT2D eigenvalue weighted by molar-refractivity contribution is 0.295. The third kappa shape index (κ3) is 4.08. The highest BCUT2D eigenvalue weighted by Crippen LogP contribution is 2.21. The van der Waals surface area contributed by atoms with E-state index in [1.54, 1.807) is 0 Å². The van der Waals surface area contributed by atoms with Gasteiger partial charge in [-0.15, -0.1) is 0 Å². The van der Waals surface area contributed by atoms with Crippen LogP contribution in [-0.4, -0.2) is 30.9 Å². The summed E-state index contributed by atoms with van der Waals surface area (Å²) in [5, 5.41) is 8.63. The van der Waals surface area contributed by atoms with Crippen LogP contribution in [0.4, 0.5) is 8.78 Å². The Morgan fingerprint density at radius 2 is 2.00 bits per heavy atom. The molecular weight excluding hydrogens is 304 g/mol. The molecule has 8 heteroatoms. The van der Waals surface area contributed by atoms with Gasteiger partial charge in [-0.25, -0.2) is 22.2 Å². The van der Waals surface area contributed by atoms with Crippen molar-refractivity contribution in [1.29, 1.82) is 0 Å². The number of aliphatic hydroxyl groups excluding tert-OH is 1. The van der Waals surface area contributed by atoms with Gasteiger partial charge in [0.05, 0.1) is 17.2 Å². The summed E-state index contributed by atoms with van der Waals surface area (Å²) in [6.07, 6.45) is 1.31. The Kier molecular flexibility index (Phi) is 4.69. The van der Waals surface area contributed by atoms with Crippen LogP contribution in [0, 0.1) is 11.6 Å². The van der Waals surface area contributed by atoms with E-state index in [1.807, 2.05) is 0 Å². The van der Waals surface area contributed by atoms with Crippen molar-refractivity contribution in [3.63, 3.8) is 0 Å². The highest BCUT2D eigenvalue weighted by Gasteiger charge is 2.16. The molecule has 1 aromatic heterocycles. The molecule has 1 aromatic carbocycles. The summed E-state index contributed by atoms with van der Waals surface area (Å²) in [6, 6.07) is 3.14.